The summed E-state index contributed by atoms with van der Waals surface area (Å²) in [6.45, 7) is 0. The Kier molecular flexibility index (Phi) is 5.57. The van der Waals surface area contributed by atoms with Gasteiger partial charge in [0, 0.05) is 11.6 Å². The fraction of sp³-hybridized carbons (Fsp3) is 0.263. The van der Waals surface area contributed by atoms with Crippen LogP contribution in [0.3, 0.4) is 0 Å². The molecule has 1 saturated carbocycles. The highest BCUT2D eigenvalue weighted by Crippen LogP contribution is 2.22. The first kappa shape index (κ1) is 19.1. The van der Waals surface area contributed by atoms with Gasteiger partial charge in [-0.25, -0.2) is 13.1 Å². The summed E-state index contributed by atoms with van der Waals surface area (Å²) < 4.78 is 26.9. The van der Waals surface area contributed by atoms with Crippen LogP contribution in [0.5, 0.6) is 0 Å². The van der Waals surface area contributed by atoms with Gasteiger partial charge in [0.15, 0.2) is 0 Å². The van der Waals surface area contributed by atoms with Gasteiger partial charge in [0.1, 0.15) is 0 Å². The Morgan fingerprint density at radius 3 is 2.22 bits per heavy atom. The van der Waals surface area contributed by atoms with Gasteiger partial charge >= 0.3 is 5.97 Å². The number of hydrogen-bond acceptors (Lipinski definition) is 4. The van der Waals surface area contributed by atoms with E-state index in [4.69, 9.17) is 5.11 Å². The molecule has 0 aromatic heterocycles. The smallest absolute Gasteiger partial charge is 0.305 e. The Morgan fingerprint density at radius 1 is 1.04 bits per heavy atom. The highest BCUT2D eigenvalue weighted by molar-refractivity contribution is 7.89. The molecule has 1 aliphatic rings. The molecule has 1 atom stereocenters. The fourth-order valence-corrected chi connectivity index (χ4v) is 3.93. The van der Waals surface area contributed by atoms with E-state index in [2.05, 4.69) is 10.0 Å². The quantitative estimate of drug-likeness (QED) is 0.641. The number of aliphatic carboxylic acids is 1. The maximum absolute atomic E-state index is 12.5. The summed E-state index contributed by atoms with van der Waals surface area (Å²) in [4.78, 5) is 23.7. The minimum absolute atomic E-state index is 0.000578. The second-order valence-corrected chi connectivity index (χ2v) is 8.17. The molecule has 0 bridgehead atoms. The maximum Gasteiger partial charge on any atom is 0.305 e. The molecular formula is C19H20N2O5S. The number of nitrogens with one attached hydrogen (secondary N) is 2. The van der Waals surface area contributed by atoms with Crippen LogP contribution >= 0.6 is 0 Å². The van der Waals surface area contributed by atoms with Crippen LogP contribution in [0.4, 0.5) is 0 Å². The first-order chi connectivity index (χ1) is 12.8. The third-order valence-corrected chi connectivity index (χ3v) is 5.75. The Hall–Kier alpha value is -2.71. The van der Waals surface area contributed by atoms with E-state index in [-0.39, 0.29) is 22.9 Å². The van der Waals surface area contributed by atoms with E-state index < -0.39 is 27.9 Å². The zero-order valence-electron chi connectivity index (χ0n) is 14.5. The van der Waals surface area contributed by atoms with Gasteiger partial charge < -0.3 is 10.4 Å². The van der Waals surface area contributed by atoms with Gasteiger partial charge in [0.2, 0.25) is 10.0 Å². The molecule has 0 aliphatic heterocycles. The number of carbonyl (C=O) groups is 2. The summed E-state index contributed by atoms with van der Waals surface area (Å²) >= 11 is 0. The van der Waals surface area contributed by atoms with E-state index in [9.17, 15) is 18.0 Å². The number of rotatable bonds is 8. The third kappa shape index (κ3) is 5.15. The zero-order chi connectivity index (χ0) is 19.4. The van der Waals surface area contributed by atoms with Gasteiger partial charge in [-0.15, -0.1) is 0 Å². The summed E-state index contributed by atoms with van der Waals surface area (Å²) in [5.74, 6) is -1.50. The largest absolute Gasteiger partial charge is 0.481 e. The van der Waals surface area contributed by atoms with E-state index in [0.29, 0.717) is 5.56 Å². The van der Waals surface area contributed by atoms with E-state index in [0.717, 1.165) is 12.8 Å². The Labute approximate surface area is 157 Å². The minimum atomic E-state index is -3.58. The highest BCUT2D eigenvalue weighted by Gasteiger charge is 2.28. The van der Waals surface area contributed by atoms with Gasteiger partial charge in [0.25, 0.3) is 5.91 Å². The van der Waals surface area contributed by atoms with Crippen molar-refractivity contribution in [3.8, 4) is 0 Å². The summed E-state index contributed by atoms with van der Waals surface area (Å²) in [5, 5.41) is 11.8. The lowest BCUT2D eigenvalue weighted by Gasteiger charge is -2.17. The van der Waals surface area contributed by atoms with E-state index in [1.54, 1.807) is 30.3 Å². The molecule has 0 heterocycles. The summed E-state index contributed by atoms with van der Waals surface area (Å²) in [7, 11) is -3.58. The maximum atomic E-state index is 12.5. The van der Waals surface area contributed by atoms with Crippen molar-refractivity contribution in [2.75, 3.05) is 0 Å². The molecule has 1 unspecified atom stereocenters. The Balaban J connectivity index is 1.73. The number of carboxylic acid groups (broad SMARTS) is 1. The van der Waals surface area contributed by atoms with E-state index in [1.165, 1.54) is 24.3 Å². The van der Waals surface area contributed by atoms with Crippen LogP contribution in [-0.2, 0) is 14.8 Å². The van der Waals surface area contributed by atoms with Crippen molar-refractivity contribution in [2.45, 2.75) is 36.2 Å². The second kappa shape index (κ2) is 7.89. The van der Waals surface area contributed by atoms with Crippen LogP contribution in [0.2, 0.25) is 0 Å². The second-order valence-electron chi connectivity index (χ2n) is 6.45. The van der Waals surface area contributed by atoms with Gasteiger partial charge in [-0.2, -0.15) is 0 Å². The molecule has 1 aliphatic carbocycles. The predicted molar refractivity (Wildman–Crippen MR) is 98.7 cm³/mol. The van der Waals surface area contributed by atoms with Crippen molar-refractivity contribution < 1.29 is 23.1 Å². The van der Waals surface area contributed by atoms with Gasteiger partial charge in [-0.05, 0) is 42.7 Å². The van der Waals surface area contributed by atoms with Crippen molar-refractivity contribution in [1.82, 2.24) is 10.0 Å². The van der Waals surface area contributed by atoms with Gasteiger partial charge in [-0.3, -0.25) is 9.59 Å². The molecule has 1 amide bonds. The molecule has 0 radical (unpaired) electrons. The van der Waals surface area contributed by atoms with Crippen molar-refractivity contribution >= 4 is 21.9 Å². The topological polar surface area (TPSA) is 113 Å². The number of amides is 1. The van der Waals surface area contributed by atoms with Gasteiger partial charge in [-0.1, -0.05) is 30.3 Å². The first-order valence-corrected chi connectivity index (χ1v) is 10.0. The van der Waals surface area contributed by atoms with Crippen LogP contribution < -0.4 is 10.0 Å². The normalized spacial score (nSPS) is 15.1. The third-order valence-electron chi connectivity index (χ3n) is 4.21. The lowest BCUT2D eigenvalue weighted by Crippen LogP contribution is -2.30. The molecule has 3 rings (SSSR count). The molecule has 7 nitrogen and oxygen atoms in total. The molecular weight excluding hydrogens is 368 g/mol. The summed E-state index contributed by atoms with van der Waals surface area (Å²) in [5.41, 5.74) is 0.938. The zero-order valence-corrected chi connectivity index (χ0v) is 15.3. The van der Waals surface area contributed by atoms with E-state index >= 15 is 0 Å². The number of benzene rings is 2. The molecule has 3 N–H and O–H groups in total. The molecule has 142 valence electrons. The summed E-state index contributed by atoms with van der Waals surface area (Å²) in [6, 6.07) is 13.7. The molecule has 2 aromatic carbocycles. The Bertz CT molecular complexity index is 922. The monoisotopic (exact) mass is 388 g/mol. The molecule has 0 spiro atoms. The number of carboxylic acids is 1. The average Bonchev–Trinajstić information content (AvgIpc) is 3.45. The molecule has 1 fully saturated rings. The van der Waals surface area contributed by atoms with Crippen LogP contribution in [0.25, 0.3) is 0 Å². The molecule has 27 heavy (non-hydrogen) atoms. The SMILES string of the molecule is O=C(O)CC(NC(=O)c1ccc(S(=O)(=O)NC2CC2)cc1)c1ccccc1. The first-order valence-electron chi connectivity index (χ1n) is 8.55. The number of sulfonamides is 1. The van der Waals surface area contributed by atoms with Crippen molar-refractivity contribution in [3.63, 3.8) is 0 Å². The molecule has 2 aromatic rings. The van der Waals surface area contributed by atoms with Crippen LogP contribution in [0, 0.1) is 0 Å². The number of carbonyl (C=O) groups excluding carboxylic acids is 1. The van der Waals surface area contributed by atoms with Crippen LogP contribution in [0.15, 0.2) is 59.5 Å². The van der Waals surface area contributed by atoms with Crippen LogP contribution in [-0.4, -0.2) is 31.4 Å². The molecule has 0 saturated heterocycles. The Morgan fingerprint density at radius 2 is 1.67 bits per heavy atom. The van der Waals surface area contributed by atoms with Crippen LogP contribution in [0.1, 0.15) is 41.2 Å². The lowest BCUT2D eigenvalue weighted by atomic mass is 10.0. The average molecular weight is 388 g/mol. The van der Waals surface area contributed by atoms with Gasteiger partial charge in [0.05, 0.1) is 17.4 Å². The predicted octanol–water partition coefficient (Wildman–Crippen LogP) is 2.07. The fourth-order valence-electron chi connectivity index (χ4n) is 2.63. The highest BCUT2D eigenvalue weighted by atomic mass is 32.2. The lowest BCUT2D eigenvalue weighted by molar-refractivity contribution is -0.137. The molecule has 8 heteroatoms. The van der Waals surface area contributed by atoms with Crippen molar-refractivity contribution in [3.05, 3.63) is 65.7 Å². The summed E-state index contributed by atoms with van der Waals surface area (Å²) in [6.07, 6.45) is 1.42. The van der Waals surface area contributed by atoms with Crippen molar-refractivity contribution in [2.24, 2.45) is 0 Å². The standard InChI is InChI=1S/C19H20N2O5S/c22-18(23)12-17(13-4-2-1-3-5-13)20-19(24)14-6-10-16(11-7-14)27(25,26)21-15-8-9-15/h1-7,10-11,15,17,21H,8-9,12H2,(H,20,24)(H,22,23). The number of hydrogen-bond donors (Lipinski definition) is 3. The van der Waals surface area contributed by atoms with E-state index in [1.807, 2.05) is 0 Å². The minimum Gasteiger partial charge on any atom is -0.481 e. The van der Waals surface area contributed by atoms with Crippen molar-refractivity contribution in [1.29, 1.82) is 0 Å².